The van der Waals surface area contributed by atoms with Gasteiger partial charge in [-0.15, -0.1) is 0 Å². The smallest absolute Gasteiger partial charge is 0.328 e. The summed E-state index contributed by atoms with van der Waals surface area (Å²) >= 11 is 0. The Morgan fingerprint density at radius 3 is 1.27 bits per heavy atom. The summed E-state index contributed by atoms with van der Waals surface area (Å²) in [4.78, 5) is 21.6. The SMILES string of the molecule is CC(C)(C)c1ccc(C(OP(O)O)(c2ccc(C(C)(C)C)cc2C(C)(C)C)C23COP(OC2)OC3)c(C(C)(C)C)c1. The molecule has 0 saturated carbocycles. The van der Waals surface area contributed by atoms with E-state index >= 15 is 0 Å². The highest BCUT2D eigenvalue weighted by Crippen LogP contribution is 2.65. The molecule has 6 nitrogen and oxygen atoms in total. The Hall–Kier alpha value is -0.940. The van der Waals surface area contributed by atoms with Gasteiger partial charge in [0.25, 0.3) is 0 Å². The van der Waals surface area contributed by atoms with Gasteiger partial charge in [0, 0.05) is 0 Å². The Labute approximate surface area is 250 Å². The number of hydrogen-bond acceptors (Lipinski definition) is 6. The molecule has 0 amide bonds. The van der Waals surface area contributed by atoms with Crippen LogP contribution in [0.4, 0.5) is 0 Å². The molecule has 3 aliphatic rings. The van der Waals surface area contributed by atoms with E-state index in [9.17, 15) is 9.79 Å². The summed E-state index contributed by atoms with van der Waals surface area (Å²) in [5.74, 6) is 0. The Balaban J connectivity index is 2.21. The molecule has 0 aromatic heterocycles. The van der Waals surface area contributed by atoms with Crippen LogP contribution in [0.5, 0.6) is 0 Å². The van der Waals surface area contributed by atoms with Crippen LogP contribution in [-0.2, 0) is 45.4 Å². The lowest BCUT2D eigenvalue weighted by Crippen LogP contribution is -2.60. The Kier molecular flexibility index (Phi) is 8.76. The minimum absolute atomic E-state index is 0.0767. The molecule has 3 fully saturated rings. The van der Waals surface area contributed by atoms with E-state index in [1.54, 1.807) is 0 Å². The molecule has 228 valence electrons. The predicted octanol–water partition coefficient (Wildman–Crippen LogP) is 8.64. The molecule has 5 rings (SSSR count). The maximum Gasteiger partial charge on any atom is 0.332 e. The molecular formula is C33H50O6P2. The molecule has 3 aliphatic heterocycles. The molecule has 2 bridgehead atoms. The van der Waals surface area contributed by atoms with Crippen molar-refractivity contribution in [3.05, 3.63) is 69.8 Å². The van der Waals surface area contributed by atoms with E-state index in [1.807, 2.05) is 0 Å². The molecule has 2 aromatic rings. The summed E-state index contributed by atoms with van der Waals surface area (Å²) in [6.45, 7) is 27.4. The van der Waals surface area contributed by atoms with Crippen LogP contribution in [0.2, 0.25) is 0 Å². The molecule has 0 aliphatic carbocycles. The van der Waals surface area contributed by atoms with Crippen LogP contribution in [0.3, 0.4) is 0 Å². The van der Waals surface area contributed by atoms with Gasteiger partial charge in [-0.1, -0.05) is 119 Å². The first-order valence-electron chi connectivity index (χ1n) is 14.5. The minimum Gasteiger partial charge on any atom is -0.328 e. The van der Waals surface area contributed by atoms with Gasteiger partial charge in [0.2, 0.25) is 0 Å². The van der Waals surface area contributed by atoms with E-state index in [-0.39, 0.29) is 21.7 Å². The fourth-order valence-electron chi connectivity index (χ4n) is 5.98. The standard InChI is InChI=1S/C33H50O6P2/c1-28(2,3)22-13-15-24(26(17-22)30(7,8)9)33(39-40(34)35,32-19-36-41(37-20-32)38-21-32)25-16-14-23(29(4,5)6)18-27(25)31(10,11)12/h13-18,34-35H,19-21H2,1-12H3. The van der Waals surface area contributed by atoms with E-state index in [0.29, 0.717) is 19.8 Å². The molecule has 0 atom stereocenters. The van der Waals surface area contributed by atoms with Crippen LogP contribution in [0.15, 0.2) is 36.4 Å². The van der Waals surface area contributed by atoms with Crippen LogP contribution >= 0.6 is 17.2 Å². The van der Waals surface area contributed by atoms with Crippen molar-refractivity contribution in [2.45, 2.75) is 110 Å². The molecule has 41 heavy (non-hydrogen) atoms. The predicted molar refractivity (Wildman–Crippen MR) is 168 cm³/mol. The molecular weight excluding hydrogens is 554 g/mol. The van der Waals surface area contributed by atoms with Gasteiger partial charge < -0.3 is 23.4 Å². The summed E-state index contributed by atoms with van der Waals surface area (Å²) in [7, 11) is -4.22. The summed E-state index contributed by atoms with van der Waals surface area (Å²) in [5, 5.41) is 0. The lowest BCUT2D eigenvalue weighted by atomic mass is 9.60. The van der Waals surface area contributed by atoms with Gasteiger partial charge in [0.1, 0.15) is 5.60 Å². The summed E-state index contributed by atoms with van der Waals surface area (Å²) in [5.41, 5.74) is 3.37. The van der Waals surface area contributed by atoms with E-state index in [1.165, 1.54) is 11.1 Å². The molecule has 8 heteroatoms. The fourth-order valence-corrected chi connectivity index (χ4v) is 7.90. The third kappa shape index (κ3) is 6.19. The first kappa shape index (κ1) is 33.0. The Morgan fingerprint density at radius 2 is 0.976 bits per heavy atom. The van der Waals surface area contributed by atoms with Crippen molar-refractivity contribution in [3.63, 3.8) is 0 Å². The molecule has 2 aromatic carbocycles. The van der Waals surface area contributed by atoms with Gasteiger partial charge in [-0.05, 0) is 55.0 Å². The monoisotopic (exact) mass is 604 g/mol. The highest BCUT2D eigenvalue weighted by Gasteiger charge is 2.64. The van der Waals surface area contributed by atoms with Gasteiger partial charge in [0.05, 0.1) is 25.2 Å². The Morgan fingerprint density at radius 1 is 0.610 bits per heavy atom. The zero-order chi connectivity index (χ0) is 30.8. The normalized spacial score (nSPS) is 22.5. The summed E-state index contributed by atoms with van der Waals surface area (Å²) < 4.78 is 24.9. The van der Waals surface area contributed by atoms with E-state index in [0.717, 1.165) is 22.3 Å². The van der Waals surface area contributed by atoms with Crippen molar-refractivity contribution in [1.29, 1.82) is 0 Å². The van der Waals surface area contributed by atoms with Crippen LogP contribution in [0.1, 0.15) is 116 Å². The van der Waals surface area contributed by atoms with Crippen LogP contribution in [-0.4, -0.2) is 29.6 Å². The number of rotatable bonds is 5. The average Bonchev–Trinajstić information content (AvgIpc) is 2.85. The van der Waals surface area contributed by atoms with Crippen molar-refractivity contribution in [2.24, 2.45) is 5.41 Å². The molecule has 2 N–H and O–H groups in total. The molecule has 0 unspecified atom stereocenters. The van der Waals surface area contributed by atoms with Gasteiger partial charge in [-0.2, -0.15) is 0 Å². The third-order valence-corrected chi connectivity index (χ3v) is 9.91. The Bertz CT molecular complexity index is 1160. The van der Waals surface area contributed by atoms with Crippen molar-refractivity contribution in [1.82, 2.24) is 0 Å². The first-order chi connectivity index (χ1) is 18.6. The van der Waals surface area contributed by atoms with Gasteiger partial charge in [-0.25, -0.2) is 0 Å². The molecule has 0 radical (unpaired) electrons. The van der Waals surface area contributed by atoms with E-state index in [2.05, 4.69) is 119 Å². The summed E-state index contributed by atoms with van der Waals surface area (Å²) in [6.07, 6.45) is 0. The highest BCUT2D eigenvalue weighted by atomic mass is 31.2. The van der Waals surface area contributed by atoms with Gasteiger partial charge in [0.15, 0.2) is 0 Å². The second-order valence-corrected chi connectivity index (χ2v) is 17.8. The third-order valence-electron chi connectivity index (χ3n) is 8.45. The average molecular weight is 605 g/mol. The highest BCUT2D eigenvalue weighted by molar-refractivity contribution is 7.41. The molecule has 0 spiro atoms. The lowest BCUT2D eigenvalue weighted by Gasteiger charge is -2.56. The molecule has 3 heterocycles. The zero-order valence-corrected chi connectivity index (χ0v) is 28.8. The first-order valence-corrected chi connectivity index (χ1v) is 16.7. The zero-order valence-electron chi connectivity index (χ0n) is 27.0. The maximum atomic E-state index is 10.8. The lowest BCUT2D eigenvalue weighted by molar-refractivity contribution is -0.165. The van der Waals surface area contributed by atoms with Gasteiger partial charge in [-0.3, -0.25) is 4.52 Å². The maximum absolute atomic E-state index is 10.8. The van der Waals surface area contributed by atoms with Crippen LogP contribution in [0.25, 0.3) is 0 Å². The summed E-state index contributed by atoms with van der Waals surface area (Å²) in [6, 6.07) is 13.1. The van der Waals surface area contributed by atoms with Crippen molar-refractivity contribution in [2.75, 3.05) is 19.8 Å². The van der Waals surface area contributed by atoms with E-state index < -0.39 is 28.2 Å². The number of fused-ring (bicyclic) bond motifs is 3. The second kappa shape index (κ2) is 10.9. The number of hydrogen-bond donors (Lipinski definition) is 2. The van der Waals surface area contributed by atoms with Crippen molar-refractivity contribution < 1.29 is 27.9 Å². The molecule has 3 saturated heterocycles. The largest absolute Gasteiger partial charge is 0.332 e. The van der Waals surface area contributed by atoms with Gasteiger partial charge >= 0.3 is 17.2 Å². The minimum atomic E-state index is -2.80. The second-order valence-electron chi connectivity index (χ2n) is 15.9. The van der Waals surface area contributed by atoms with Crippen molar-refractivity contribution >= 4 is 17.2 Å². The van der Waals surface area contributed by atoms with Crippen LogP contribution < -0.4 is 0 Å². The quantitative estimate of drug-likeness (QED) is 0.333. The number of benzene rings is 2. The van der Waals surface area contributed by atoms with Crippen LogP contribution in [0, 0.1) is 5.41 Å². The fraction of sp³-hybridized carbons (Fsp3) is 0.636. The topological polar surface area (TPSA) is 77.4 Å². The van der Waals surface area contributed by atoms with Crippen molar-refractivity contribution in [3.8, 4) is 0 Å². The van der Waals surface area contributed by atoms with E-state index in [4.69, 9.17) is 18.1 Å².